The number of aromatic nitrogens is 2. The number of nitrogens with two attached hydrogens (primary N) is 1. The number of hydrogen-bond acceptors (Lipinski definition) is 5. The first-order valence-electron chi connectivity index (χ1n) is 8.93. The van der Waals surface area contributed by atoms with Crippen LogP contribution in [0.4, 0.5) is 26.3 Å². The van der Waals surface area contributed by atoms with Gasteiger partial charge in [0, 0.05) is 31.6 Å². The van der Waals surface area contributed by atoms with Gasteiger partial charge in [-0.15, -0.1) is 0 Å². The largest absolute Gasteiger partial charge is 1.00 e. The van der Waals surface area contributed by atoms with Crippen LogP contribution in [0, 0.1) is 17.5 Å². The number of imidazole rings is 1. The number of benzene rings is 1. The zero-order chi connectivity index (χ0) is 23.1. The Bertz CT molecular complexity index is 1040. The van der Waals surface area contributed by atoms with Crippen LogP contribution < -0.4 is 40.4 Å². The van der Waals surface area contributed by atoms with Crippen molar-refractivity contribution >= 4 is 11.9 Å². The van der Waals surface area contributed by atoms with Gasteiger partial charge >= 0.3 is 35.7 Å². The van der Waals surface area contributed by atoms with E-state index in [1.807, 2.05) is 0 Å². The van der Waals surface area contributed by atoms with Crippen molar-refractivity contribution in [3.05, 3.63) is 52.4 Å². The van der Waals surface area contributed by atoms with Gasteiger partial charge in [0.15, 0.2) is 11.6 Å². The second-order valence-corrected chi connectivity index (χ2v) is 7.01. The molecule has 3 rings (SSSR count). The molecule has 168 valence electrons. The number of rotatable bonds is 5. The van der Waals surface area contributed by atoms with Crippen LogP contribution in [0.25, 0.3) is 0 Å². The summed E-state index contributed by atoms with van der Waals surface area (Å²) in [5.41, 5.74) is 4.30. The third-order valence-corrected chi connectivity index (χ3v) is 4.81. The minimum absolute atomic E-state index is 0. The summed E-state index contributed by atoms with van der Waals surface area (Å²) in [5.74, 6) is -7.66. The van der Waals surface area contributed by atoms with Crippen molar-refractivity contribution in [1.29, 1.82) is 0 Å². The maximum Gasteiger partial charge on any atom is 1.00 e. The quantitative estimate of drug-likeness (QED) is 0.308. The van der Waals surface area contributed by atoms with Gasteiger partial charge < -0.3 is 25.1 Å². The summed E-state index contributed by atoms with van der Waals surface area (Å²) in [6.45, 7) is -1.01. The van der Waals surface area contributed by atoms with Crippen LogP contribution in [-0.2, 0) is 30.5 Å². The summed E-state index contributed by atoms with van der Waals surface area (Å²) < 4.78 is 80.0. The fraction of sp³-hybridized carbons (Fsp3) is 0.389. The van der Waals surface area contributed by atoms with Gasteiger partial charge in [-0.1, -0.05) is 0 Å². The molecule has 2 N–H and O–H groups in total. The van der Waals surface area contributed by atoms with Crippen LogP contribution in [0.15, 0.2) is 12.1 Å². The maximum atomic E-state index is 13.7. The molecule has 32 heavy (non-hydrogen) atoms. The molecule has 0 saturated heterocycles. The Morgan fingerprint density at radius 2 is 1.75 bits per heavy atom. The minimum atomic E-state index is -4.90. The average Bonchev–Trinajstić information content (AvgIpc) is 3.05. The summed E-state index contributed by atoms with van der Waals surface area (Å²) in [4.78, 5) is 27.9. The van der Waals surface area contributed by atoms with E-state index in [0.29, 0.717) is 16.7 Å². The smallest absolute Gasteiger partial charge is 0.543 e. The molecule has 1 aliphatic rings. The molecule has 0 bridgehead atoms. The number of hydrogen-bond donors (Lipinski definition) is 1. The normalized spacial score (nSPS) is 14.5. The van der Waals surface area contributed by atoms with Gasteiger partial charge in [0.2, 0.25) is 11.7 Å². The number of nitrogens with zero attached hydrogens (tertiary/aromatic N) is 3. The molecule has 1 atom stereocenters. The summed E-state index contributed by atoms with van der Waals surface area (Å²) >= 11 is 0. The van der Waals surface area contributed by atoms with Gasteiger partial charge in [-0.05, 0) is 18.1 Å². The fourth-order valence-electron chi connectivity index (χ4n) is 3.39. The third kappa shape index (κ3) is 5.45. The molecule has 2 heterocycles. The first-order chi connectivity index (χ1) is 14.4. The molecule has 1 aromatic carbocycles. The minimum Gasteiger partial charge on any atom is -0.543 e. The van der Waals surface area contributed by atoms with E-state index < -0.39 is 59.6 Å². The zero-order valence-electron chi connectivity index (χ0n) is 16.7. The number of amides is 1. The van der Waals surface area contributed by atoms with Crippen molar-refractivity contribution in [2.75, 3.05) is 6.54 Å². The number of carbonyl (C=O) groups is 2. The zero-order valence-corrected chi connectivity index (χ0v) is 18.7. The Hall–Kier alpha value is -2.09. The topological polar surface area (TPSA) is 104 Å². The van der Waals surface area contributed by atoms with Crippen LogP contribution in [0.5, 0.6) is 0 Å². The average molecular weight is 472 g/mol. The molecule has 7 nitrogen and oxygen atoms in total. The van der Waals surface area contributed by atoms with Crippen molar-refractivity contribution in [2.45, 2.75) is 38.1 Å². The maximum absolute atomic E-state index is 13.7. The van der Waals surface area contributed by atoms with Gasteiger partial charge in [-0.25, -0.2) is 18.2 Å². The SMILES string of the molecule is N[C@@H](CC(=O)N1CCn2c(C(F)(F)F)nc(C(=O)[O-])c2C1)Cc1cc(F)c(F)cc1F.[Na+]. The van der Waals surface area contributed by atoms with Crippen LogP contribution in [0.2, 0.25) is 0 Å². The van der Waals surface area contributed by atoms with E-state index in [2.05, 4.69) is 4.98 Å². The molecule has 1 aliphatic heterocycles. The Labute approximate surface area is 199 Å². The van der Waals surface area contributed by atoms with Crippen molar-refractivity contribution in [3.8, 4) is 0 Å². The Morgan fingerprint density at radius 1 is 1.12 bits per heavy atom. The predicted molar refractivity (Wildman–Crippen MR) is 89.6 cm³/mol. The second kappa shape index (κ2) is 9.81. The van der Waals surface area contributed by atoms with Crippen molar-refractivity contribution < 1.29 is 70.6 Å². The molecule has 0 saturated carbocycles. The Kier molecular flexibility index (Phi) is 8.02. The molecule has 0 spiro atoms. The molecule has 0 fully saturated rings. The monoisotopic (exact) mass is 472 g/mol. The number of alkyl halides is 3. The molecular formula is C18H15F6N4NaO3. The molecule has 0 aliphatic carbocycles. The molecule has 1 amide bonds. The van der Waals surface area contributed by atoms with E-state index >= 15 is 0 Å². The summed E-state index contributed by atoms with van der Waals surface area (Å²) in [5, 5.41) is 11.2. The van der Waals surface area contributed by atoms with E-state index in [1.54, 1.807) is 0 Å². The van der Waals surface area contributed by atoms with Crippen LogP contribution in [-0.4, -0.2) is 38.9 Å². The first kappa shape index (κ1) is 26.2. The van der Waals surface area contributed by atoms with E-state index in [-0.39, 0.29) is 66.7 Å². The molecule has 0 radical (unpaired) electrons. The van der Waals surface area contributed by atoms with Crippen LogP contribution in [0.3, 0.4) is 0 Å². The second-order valence-electron chi connectivity index (χ2n) is 7.01. The van der Waals surface area contributed by atoms with Crippen LogP contribution in [0.1, 0.15) is 34.0 Å². The number of fused-ring (bicyclic) bond motifs is 1. The first-order valence-corrected chi connectivity index (χ1v) is 8.93. The summed E-state index contributed by atoms with van der Waals surface area (Å²) in [6, 6.07) is -0.0331. The van der Waals surface area contributed by atoms with Gasteiger partial charge in [0.05, 0.1) is 18.2 Å². The number of aromatic carboxylic acids is 1. The van der Waals surface area contributed by atoms with Gasteiger partial charge in [0.1, 0.15) is 11.5 Å². The molecule has 0 unspecified atom stereocenters. The molecule has 2 aromatic rings. The van der Waals surface area contributed by atoms with E-state index in [4.69, 9.17) is 5.73 Å². The number of carboxylic acids is 1. The fourth-order valence-corrected chi connectivity index (χ4v) is 3.39. The number of halogens is 6. The van der Waals surface area contributed by atoms with Gasteiger partial charge in [0.25, 0.3) is 0 Å². The number of carboxylic acid groups (broad SMARTS) is 1. The molecule has 1 aromatic heterocycles. The summed E-state index contributed by atoms with van der Waals surface area (Å²) in [6.07, 6.45) is -5.59. The van der Waals surface area contributed by atoms with E-state index in [9.17, 15) is 41.0 Å². The molecular weight excluding hydrogens is 457 g/mol. The summed E-state index contributed by atoms with van der Waals surface area (Å²) in [7, 11) is 0. The van der Waals surface area contributed by atoms with Crippen molar-refractivity contribution in [3.63, 3.8) is 0 Å². The Morgan fingerprint density at radius 3 is 2.34 bits per heavy atom. The third-order valence-electron chi connectivity index (χ3n) is 4.81. The number of carbonyl (C=O) groups excluding carboxylic acids is 2. The van der Waals surface area contributed by atoms with Crippen LogP contribution >= 0.6 is 0 Å². The van der Waals surface area contributed by atoms with E-state index in [0.717, 1.165) is 4.90 Å². The van der Waals surface area contributed by atoms with E-state index in [1.165, 1.54) is 0 Å². The molecule has 14 heteroatoms. The van der Waals surface area contributed by atoms with Gasteiger partial charge in [-0.3, -0.25) is 4.79 Å². The predicted octanol–water partition coefficient (Wildman–Crippen LogP) is -2.01. The van der Waals surface area contributed by atoms with Crippen molar-refractivity contribution in [2.24, 2.45) is 5.73 Å². The Balaban J connectivity index is 0.00000363. The van der Waals surface area contributed by atoms with Gasteiger partial charge in [-0.2, -0.15) is 13.2 Å². The van der Waals surface area contributed by atoms with Crippen molar-refractivity contribution in [1.82, 2.24) is 14.5 Å². The standard InChI is InChI=1S/C18H16F6N4O3.Na/c19-10-6-12(21)11(20)4-8(10)3-9(25)5-14(29)27-1-2-28-13(7-27)15(16(30)31)26-17(28)18(22,23)24;/h4,6,9H,1-3,5,7,25H2,(H,30,31);/q;+1/p-1/t9-;/m1./s1.